The quantitative estimate of drug-likeness (QED) is 0.923. The lowest BCUT2D eigenvalue weighted by Crippen LogP contribution is -2.31. The Labute approximate surface area is 139 Å². The van der Waals surface area contributed by atoms with E-state index in [1.807, 2.05) is 24.3 Å². The van der Waals surface area contributed by atoms with Crippen LogP contribution in [0.15, 0.2) is 42.5 Å². The van der Waals surface area contributed by atoms with E-state index in [2.05, 4.69) is 5.32 Å². The van der Waals surface area contributed by atoms with Crippen LogP contribution in [0.3, 0.4) is 0 Å². The van der Waals surface area contributed by atoms with Crippen LogP contribution in [0.4, 0.5) is 5.69 Å². The predicted molar refractivity (Wildman–Crippen MR) is 88.6 cm³/mol. The molecule has 1 unspecified atom stereocenters. The molecule has 5 heteroatoms. The first-order valence-corrected chi connectivity index (χ1v) is 8.02. The van der Waals surface area contributed by atoms with Crippen molar-refractivity contribution in [2.45, 2.75) is 12.8 Å². The molecule has 0 aromatic heterocycles. The van der Waals surface area contributed by atoms with E-state index < -0.39 is 0 Å². The Kier molecular flexibility index (Phi) is 3.69. The van der Waals surface area contributed by atoms with Gasteiger partial charge in [0.15, 0.2) is 17.3 Å². The van der Waals surface area contributed by atoms with Crippen LogP contribution in [0.2, 0.25) is 0 Å². The molecule has 1 heterocycles. The number of hydrogen-bond acceptors (Lipinski definition) is 4. The molecule has 2 aromatic carbocycles. The Hall–Kier alpha value is -2.82. The van der Waals surface area contributed by atoms with E-state index in [9.17, 15) is 9.59 Å². The molecule has 1 aliphatic carbocycles. The third-order valence-corrected chi connectivity index (χ3v) is 4.40. The molecule has 0 spiro atoms. The fraction of sp³-hybridized carbons (Fsp3) is 0.263. The smallest absolute Gasteiger partial charge is 0.228 e. The molecule has 0 saturated carbocycles. The number of carbonyl (C=O) groups excluding carboxylic acids is 2. The second-order valence-electron chi connectivity index (χ2n) is 6.03. The second-order valence-corrected chi connectivity index (χ2v) is 6.03. The fourth-order valence-corrected chi connectivity index (χ4v) is 3.19. The van der Waals surface area contributed by atoms with Crippen molar-refractivity contribution in [2.24, 2.45) is 5.92 Å². The number of ketones is 1. The lowest BCUT2D eigenvalue weighted by molar-refractivity contribution is -0.119. The third-order valence-electron chi connectivity index (χ3n) is 4.40. The average Bonchev–Trinajstić information content (AvgIpc) is 2.61. The summed E-state index contributed by atoms with van der Waals surface area (Å²) in [4.78, 5) is 24.8. The van der Waals surface area contributed by atoms with Gasteiger partial charge in [0.1, 0.15) is 13.2 Å². The second kappa shape index (κ2) is 6.00. The largest absolute Gasteiger partial charge is 0.486 e. The molecule has 0 bridgehead atoms. The van der Waals surface area contributed by atoms with Crippen LogP contribution in [0.1, 0.15) is 22.3 Å². The summed E-state index contributed by atoms with van der Waals surface area (Å²) in [7, 11) is 0. The van der Waals surface area contributed by atoms with Crippen molar-refractivity contribution in [1.29, 1.82) is 0 Å². The van der Waals surface area contributed by atoms with E-state index in [0.717, 1.165) is 11.1 Å². The molecule has 0 saturated heterocycles. The van der Waals surface area contributed by atoms with Crippen molar-refractivity contribution in [2.75, 3.05) is 18.5 Å². The van der Waals surface area contributed by atoms with Crippen LogP contribution < -0.4 is 14.8 Å². The number of ether oxygens (including phenoxy) is 2. The number of benzene rings is 2. The van der Waals surface area contributed by atoms with Gasteiger partial charge in [0.2, 0.25) is 5.91 Å². The maximum absolute atomic E-state index is 12.6. The Morgan fingerprint density at radius 2 is 1.79 bits per heavy atom. The van der Waals surface area contributed by atoms with E-state index in [1.54, 1.807) is 18.2 Å². The number of amides is 1. The van der Waals surface area contributed by atoms with Crippen LogP contribution in [-0.2, 0) is 11.2 Å². The van der Waals surface area contributed by atoms with Gasteiger partial charge in [-0.05, 0) is 24.1 Å². The Bertz CT molecular complexity index is 815. The minimum Gasteiger partial charge on any atom is -0.486 e. The van der Waals surface area contributed by atoms with E-state index in [0.29, 0.717) is 36.8 Å². The highest BCUT2D eigenvalue weighted by Crippen LogP contribution is 2.33. The molecule has 2 aliphatic rings. The summed E-state index contributed by atoms with van der Waals surface area (Å²) in [5.41, 5.74) is 2.33. The first-order chi connectivity index (χ1) is 11.7. The highest BCUT2D eigenvalue weighted by molar-refractivity contribution is 6.03. The highest BCUT2D eigenvalue weighted by atomic mass is 16.6. The first-order valence-electron chi connectivity index (χ1n) is 8.02. The van der Waals surface area contributed by atoms with E-state index in [-0.39, 0.29) is 24.0 Å². The minimum atomic E-state index is -0.347. The summed E-state index contributed by atoms with van der Waals surface area (Å²) < 4.78 is 11.0. The Balaban J connectivity index is 1.50. The molecular weight excluding hydrogens is 306 g/mol. The van der Waals surface area contributed by atoms with Gasteiger partial charge in [0.25, 0.3) is 0 Å². The van der Waals surface area contributed by atoms with Gasteiger partial charge in [0.05, 0.1) is 0 Å². The van der Waals surface area contributed by atoms with Crippen molar-refractivity contribution >= 4 is 17.4 Å². The molecule has 1 amide bonds. The van der Waals surface area contributed by atoms with Crippen molar-refractivity contribution in [1.82, 2.24) is 0 Å². The molecular formula is C19H17NO4. The summed E-state index contributed by atoms with van der Waals surface area (Å²) >= 11 is 0. The lowest BCUT2D eigenvalue weighted by atomic mass is 9.82. The molecule has 5 nitrogen and oxygen atoms in total. The summed E-state index contributed by atoms with van der Waals surface area (Å²) in [6, 6.07) is 12.8. The van der Waals surface area contributed by atoms with Crippen LogP contribution >= 0.6 is 0 Å². The average molecular weight is 323 g/mol. The molecule has 4 rings (SSSR count). The Morgan fingerprint density at radius 3 is 2.67 bits per heavy atom. The van der Waals surface area contributed by atoms with Gasteiger partial charge in [-0.25, -0.2) is 0 Å². The zero-order valence-corrected chi connectivity index (χ0v) is 13.1. The van der Waals surface area contributed by atoms with Gasteiger partial charge in [0, 0.05) is 29.7 Å². The number of carbonyl (C=O) groups is 2. The molecule has 1 atom stereocenters. The summed E-state index contributed by atoms with van der Waals surface area (Å²) in [5.74, 6) is 0.847. The number of anilines is 1. The molecule has 1 aliphatic heterocycles. The molecule has 0 radical (unpaired) electrons. The van der Waals surface area contributed by atoms with Crippen LogP contribution in [0.25, 0.3) is 0 Å². The maximum Gasteiger partial charge on any atom is 0.228 e. The molecule has 0 fully saturated rings. The van der Waals surface area contributed by atoms with Crippen LogP contribution in [0, 0.1) is 5.92 Å². The molecule has 1 N–H and O–H groups in total. The lowest BCUT2D eigenvalue weighted by Gasteiger charge is -2.23. The third kappa shape index (κ3) is 2.73. The summed E-state index contributed by atoms with van der Waals surface area (Å²) in [5, 5.41) is 2.89. The van der Waals surface area contributed by atoms with E-state index >= 15 is 0 Å². The van der Waals surface area contributed by atoms with Crippen molar-refractivity contribution in [3.63, 3.8) is 0 Å². The normalized spacial score (nSPS) is 18.7. The molecule has 24 heavy (non-hydrogen) atoms. The SMILES string of the molecule is O=C1CC(C(=O)Nc2ccc3c(c2)OCCO3)Cc2ccccc21. The van der Waals surface area contributed by atoms with Gasteiger partial charge in [-0.2, -0.15) is 0 Å². The topological polar surface area (TPSA) is 64.6 Å². The van der Waals surface area contributed by atoms with Gasteiger partial charge < -0.3 is 14.8 Å². The molecule has 122 valence electrons. The number of nitrogens with one attached hydrogen (secondary N) is 1. The zero-order valence-electron chi connectivity index (χ0n) is 13.1. The summed E-state index contributed by atoms with van der Waals surface area (Å²) in [6.07, 6.45) is 0.825. The van der Waals surface area contributed by atoms with Crippen LogP contribution in [0.5, 0.6) is 11.5 Å². The number of fused-ring (bicyclic) bond motifs is 2. The van der Waals surface area contributed by atoms with Gasteiger partial charge >= 0.3 is 0 Å². The van der Waals surface area contributed by atoms with Gasteiger partial charge in [-0.15, -0.1) is 0 Å². The highest BCUT2D eigenvalue weighted by Gasteiger charge is 2.29. The van der Waals surface area contributed by atoms with Gasteiger partial charge in [-0.1, -0.05) is 24.3 Å². The zero-order chi connectivity index (χ0) is 16.5. The predicted octanol–water partition coefficient (Wildman–Crippen LogP) is 2.84. The first kappa shape index (κ1) is 14.8. The van der Waals surface area contributed by atoms with Crippen LogP contribution in [-0.4, -0.2) is 24.9 Å². The van der Waals surface area contributed by atoms with Crippen molar-refractivity contribution in [3.05, 3.63) is 53.6 Å². The summed E-state index contributed by atoms with van der Waals surface area (Å²) in [6.45, 7) is 1.03. The standard InChI is InChI=1S/C19H17NO4/c21-16-10-13(9-12-3-1-2-4-15(12)16)19(22)20-14-5-6-17-18(11-14)24-8-7-23-17/h1-6,11,13H,7-10H2,(H,20,22). The van der Waals surface area contributed by atoms with Gasteiger partial charge in [-0.3, -0.25) is 9.59 Å². The number of hydrogen-bond donors (Lipinski definition) is 1. The molecule has 2 aromatic rings. The van der Waals surface area contributed by atoms with Crippen molar-refractivity contribution in [3.8, 4) is 11.5 Å². The number of Topliss-reactive ketones (excluding diaryl/α,β-unsaturated/α-hetero) is 1. The number of rotatable bonds is 2. The van der Waals surface area contributed by atoms with Crippen molar-refractivity contribution < 1.29 is 19.1 Å². The van der Waals surface area contributed by atoms with E-state index in [4.69, 9.17) is 9.47 Å². The minimum absolute atomic E-state index is 0.0270. The van der Waals surface area contributed by atoms with E-state index in [1.165, 1.54) is 0 Å². The Morgan fingerprint density at radius 1 is 1.00 bits per heavy atom. The fourth-order valence-electron chi connectivity index (χ4n) is 3.19. The maximum atomic E-state index is 12.6. The monoisotopic (exact) mass is 323 g/mol.